The molecule has 15 heavy (non-hydrogen) atoms. The zero-order chi connectivity index (χ0) is 11.3. The van der Waals surface area contributed by atoms with Crippen LogP contribution < -0.4 is 5.19 Å². The van der Waals surface area contributed by atoms with E-state index in [2.05, 4.69) is 13.8 Å². The van der Waals surface area contributed by atoms with Crippen molar-refractivity contribution < 1.29 is 9.19 Å². The molecule has 0 radical (unpaired) electrons. The largest absolute Gasteiger partial charge is 0.427 e. The van der Waals surface area contributed by atoms with Gasteiger partial charge in [0.05, 0.1) is 0 Å². The fourth-order valence-electron chi connectivity index (χ4n) is 2.00. The molecule has 0 amide bonds. The molecule has 0 aliphatic rings. The molecule has 0 saturated carbocycles. The van der Waals surface area contributed by atoms with Gasteiger partial charge in [0.1, 0.15) is 5.82 Å². The van der Waals surface area contributed by atoms with Crippen LogP contribution >= 0.6 is 0 Å². The predicted molar refractivity (Wildman–Crippen MR) is 64.2 cm³/mol. The summed E-state index contributed by atoms with van der Waals surface area (Å²) >= 11 is 0. The van der Waals surface area contributed by atoms with Gasteiger partial charge >= 0.3 is 0 Å². The highest BCUT2D eigenvalue weighted by atomic mass is 28.4. The molecule has 1 nitrogen and oxygen atoms in total. The summed E-state index contributed by atoms with van der Waals surface area (Å²) in [5.74, 6) is -0.233. The van der Waals surface area contributed by atoms with Crippen molar-refractivity contribution in [1.82, 2.24) is 0 Å². The number of halogens is 1. The monoisotopic (exact) mass is 226 g/mol. The van der Waals surface area contributed by atoms with Crippen molar-refractivity contribution in [2.75, 3.05) is 0 Å². The Morgan fingerprint density at radius 1 is 1.07 bits per heavy atom. The van der Waals surface area contributed by atoms with Crippen LogP contribution in [0.5, 0.6) is 0 Å². The van der Waals surface area contributed by atoms with Crippen LogP contribution in [0.4, 0.5) is 4.39 Å². The summed E-state index contributed by atoms with van der Waals surface area (Å²) < 4.78 is 12.8. The number of benzene rings is 1. The smallest absolute Gasteiger partial charge is 0.220 e. The Balaban J connectivity index is 2.92. The minimum atomic E-state index is -2.32. The lowest BCUT2D eigenvalue weighted by Gasteiger charge is -2.24. The van der Waals surface area contributed by atoms with E-state index in [1.165, 1.54) is 12.1 Å². The van der Waals surface area contributed by atoms with E-state index in [0.29, 0.717) is 0 Å². The quantitative estimate of drug-likeness (QED) is 0.765. The van der Waals surface area contributed by atoms with Gasteiger partial charge in [0.25, 0.3) is 0 Å². The second kappa shape index (κ2) is 5.42. The van der Waals surface area contributed by atoms with Gasteiger partial charge in [-0.3, -0.25) is 0 Å². The Bertz CT molecular complexity index is 291. The van der Waals surface area contributed by atoms with E-state index in [0.717, 1.165) is 30.1 Å². The third-order valence-electron chi connectivity index (χ3n) is 2.71. The topological polar surface area (TPSA) is 20.2 Å². The zero-order valence-corrected chi connectivity index (χ0v) is 10.5. The molecule has 0 aliphatic carbocycles. The van der Waals surface area contributed by atoms with Gasteiger partial charge in [-0.15, -0.1) is 0 Å². The van der Waals surface area contributed by atoms with Gasteiger partial charge in [0.15, 0.2) is 0 Å². The zero-order valence-electron chi connectivity index (χ0n) is 9.46. The van der Waals surface area contributed by atoms with Crippen molar-refractivity contribution in [2.24, 2.45) is 0 Å². The van der Waals surface area contributed by atoms with Crippen LogP contribution in [0.1, 0.15) is 26.7 Å². The second-order valence-corrected chi connectivity index (χ2v) is 7.68. The lowest BCUT2D eigenvalue weighted by molar-refractivity contribution is 0.540. The van der Waals surface area contributed by atoms with E-state index >= 15 is 0 Å². The normalized spacial score (nSPS) is 11.7. The third-order valence-corrected chi connectivity index (χ3v) is 6.77. The van der Waals surface area contributed by atoms with E-state index in [4.69, 9.17) is 0 Å². The van der Waals surface area contributed by atoms with Crippen molar-refractivity contribution in [1.29, 1.82) is 0 Å². The minimum absolute atomic E-state index is 0.233. The molecule has 0 heterocycles. The summed E-state index contributed by atoms with van der Waals surface area (Å²) in [5, 5.41) is 0.965. The number of hydrogen-bond acceptors (Lipinski definition) is 1. The molecule has 0 aromatic heterocycles. The lowest BCUT2D eigenvalue weighted by Crippen LogP contribution is -2.47. The van der Waals surface area contributed by atoms with Crippen molar-refractivity contribution in [2.45, 2.75) is 38.8 Å². The number of hydrogen-bond donors (Lipinski definition) is 1. The van der Waals surface area contributed by atoms with E-state index in [1.54, 1.807) is 12.1 Å². The first-order valence-electron chi connectivity index (χ1n) is 5.61. The maximum Gasteiger partial charge on any atom is 0.220 e. The van der Waals surface area contributed by atoms with Crippen molar-refractivity contribution in [3.63, 3.8) is 0 Å². The molecule has 0 fully saturated rings. The van der Waals surface area contributed by atoms with Gasteiger partial charge in [0, 0.05) is 0 Å². The highest BCUT2D eigenvalue weighted by Gasteiger charge is 2.31. The van der Waals surface area contributed by atoms with E-state index < -0.39 is 8.32 Å². The van der Waals surface area contributed by atoms with Crippen LogP contribution in [0.3, 0.4) is 0 Å². The lowest BCUT2D eigenvalue weighted by atomic mass is 10.3. The molecule has 0 atom stereocenters. The summed E-state index contributed by atoms with van der Waals surface area (Å²) in [6, 6.07) is 8.11. The van der Waals surface area contributed by atoms with Gasteiger partial charge in [-0.25, -0.2) is 4.39 Å². The first kappa shape index (κ1) is 12.4. The number of rotatable bonds is 5. The van der Waals surface area contributed by atoms with Gasteiger partial charge in [0.2, 0.25) is 8.32 Å². The molecule has 0 saturated heterocycles. The Morgan fingerprint density at radius 2 is 1.53 bits per heavy atom. The molecule has 1 aromatic carbocycles. The molecule has 1 rings (SSSR count). The molecule has 1 N–H and O–H groups in total. The Hall–Kier alpha value is -0.673. The highest BCUT2D eigenvalue weighted by Crippen LogP contribution is 2.16. The Morgan fingerprint density at radius 3 is 1.93 bits per heavy atom. The molecule has 0 spiro atoms. The third kappa shape index (κ3) is 3.14. The predicted octanol–water partition coefficient (Wildman–Crippen LogP) is 2.79. The molecule has 0 unspecified atom stereocenters. The van der Waals surface area contributed by atoms with E-state index in [-0.39, 0.29) is 5.82 Å². The average Bonchev–Trinajstić information content (AvgIpc) is 2.19. The first-order chi connectivity index (χ1) is 7.12. The first-order valence-corrected chi connectivity index (χ1v) is 7.97. The summed E-state index contributed by atoms with van der Waals surface area (Å²) in [5.41, 5.74) is 0. The molecule has 3 heteroatoms. The van der Waals surface area contributed by atoms with Crippen LogP contribution in [-0.4, -0.2) is 13.1 Å². The summed E-state index contributed by atoms with van der Waals surface area (Å²) in [4.78, 5) is 10.6. The maximum absolute atomic E-state index is 12.8. The van der Waals surface area contributed by atoms with Crippen molar-refractivity contribution in [3.05, 3.63) is 30.1 Å². The van der Waals surface area contributed by atoms with Crippen LogP contribution in [-0.2, 0) is 0 Å². The fraction of sp³-hybridized carbons (Fsp3) is 0.500. The molecule has 1 aromatic rings. The standard InChI is InChI=1S/C12H19FOSi/c1-3-9-15(14,10-4-2)12-7-5-11(13)6-8-12/h5-8,14H,3-4,9-10H2,1-2H3. The van der Waals surface area contributed by atoms with Crippen LogP contribution in [0.15, 0.2) is 24.3 Å². The summed E-state index contributed by atoms with van der Waals surface area (Å²) in [7, 11) is -2.32. The summed E-state index contributed by atoms with van der Waals surface area (Å²) in [6.07, 6.45) is 1.97. The summed E-state index contributed by atoms with van der Waals surface area (Å²) in [6.45, 7) is 4.16. The second-order valence-electron chi connectivity index (χ2n) is 4.04. The fourth-order valence-corrected chi connectivity index (χ4v) is 5.27. The maximum atomic E-state index is 12.8. The van der Waals surface area contributed by atoms with Crippen LogP contribution in [0, 0.1) is 5.82 Å². The molecular formula is C12H19FOSi. The van der Waals surface area contributed by atoms with Crippen LogP contribution in [0.25, 0.3) is 0 Å². The van der Waals surface area contributed by atoms with E-state index in [9.17, 15) is 9.19 Å². The molecule has 0 bridgehead atoms. The molecular weight excluding hydrogens is 207 g/mol. The van der Waals surface area contributed by atoms with E-state index in [1.807, 2.05) is 0 Å². The minimum Gasteiger partial charge on any atom is -0.427 e. The van der Waals surface area contributed by atoms with Crippen molar-refractivity contribution in [3.8, 4) is 0 Å². The Kier molecular flexibility index (Phi) is 4.48. The van der Waals surface area contributed by atoms with Gasteiger partial charge in [-0.05, 0) is 29.4 Å². The highest BCUT2D eigenvalue weighted by molar-refractivity contribution is 6.85. The SMILES string of the molecule is CCC[Si](O)(CCC)c1ccc(F)cc1. The van der Waals surface area contributed by atoms with Gasteiger partial charge in [-0.1, -0.05) is 38.8 Å². The van der Waals surface area contributed by atoms with Gasteiger partial charge in [-0.2, -0.15) is 0 Å². The molecule has 0 aliphatic heterocycles. The van der Waals surface area contributed by atoms with Gasteiger partial charge < -0.3 is 4.80 Å². The Labute approximate surface area is 92.1 Å². The average molecular weight is 226 g/mol. The van der Waals surface area contributed by atoms with Crippen molar-refractivity contribution >= 4 is 13.5 Å². The van der Waals surface area contributed by atoms with Crippen LogP contribution in [0.2, 0.25) is 12.1 Å². The molecule has 84 valence electrons.